The van der Waals surface area contributed by atoms with Crippen molar-refractivity contribution in [3.05, 3.63) is 22.1 Å². The number of anilines is 1. The van der Waals surface area contributed by atoms with E-state index in [0.29, 0.717) is 24.8 Å². The van der Waals surface area contributed by atoms with Gasteiger partial charge in [0, 0.05) is 31.6 Å². The van der Waals surface area contributed by atoms with Crippen molar-refractivity contribution in [1.82, 2.24) is 15.3 Å². The van der Waals surface area contributed by atoms with Gasteiger partial charge in [0.05, 0.1) is 5.69 Å². The summed E-state index contributed by atoms with van der Waals surface area (Å²) in [6, 6.07) is 0. The third-order valence-electron chi connectivity index (χ3n) is 5.00. The van der Waals surface area contributed by atoms with Crippen LogP contribution in [0.1, 0.15) is 78.5 Å². The fraction of sp³-hybridized carbons (Fsp3) is 0.696. The van der Waals surface area contributed by atoms with E-state index in [-0.39, 0.29) is 11.2 Å². The molecular formula is C23H39ClN4O. The standard InChI is InChI=1S/C23H39ClN4O/c1-8-11-28(12-10-18(6)15-25-21(29)13-16(3)4)22-19(7)20(14-17(5)9-2)26-23(24)27-22/h14,16,18H,8-13,15H2,1-7H3,(H,25,29)/b17-14-. The van der Waals surface area contributed by atoms with Crippen molar-refractivity contribution in [2.75, 3.05) is 24.5 Å². The number of rotatable bonds is 12. The molecule has 0 aromatic carbocycles. The minimum absolute atomic E-state index is 0.137. The highest BCUT2D eigenvalue weighted by atomic mass is 35.5. The third-order valence-corrected chi connectivity index (χ3v) is 5.17. The summed E-state index contributed by atoms with van der Waals surface area (Å²) >= 11 is 6.26. The third kappa shape index (κ3) is 9.16. The molecule has 0 spiro atoms. The molecule has 1 rings (SSSR count). The second kappa shape index (κ2) is 12.8. The van der Waals surface area contributed by atoms with Crippen molar-refractivity contribution in [2.24, 2.45) is 11.8 Å². The predicted octanol–water partition coefficient (Wildman–Crippen LogP) is 5.66. The Balaban J connectivity index is 2.86. The van der Waals surface area contributed by atoms with Crippen molar-refractivity contribution >= 4 is 29.4 Å². The molecule has 0 fully saturated rings. The normalized spacial score (nSPS) is 12.9. The van der Waals surface area contributed by atoms with Crippen LogP contribution >= 0.6 is 11.6 Å². The number of hydrogen-bond donors (Lipinski definition) is 1. The average molecular weight is 423 g/mol. The Kier molecular flexibility index (Phi) is 11.3. The Labute approximate surface area is 182 Å². The lowest BCUT2D eigenvalue weighted by Crippen LogP contribution is -2.32. The lowest BCUT2D eigenvalue weighted by atomic mass is 10.1. The molecule has 1 amide bonds. The first-order valence-corrected chi connectivity index (χ1v) is 11.3. The second-order valence-corrected chi connectivity index (χ2v) is 8.79. The molecule has 1 aromatic rings. The van der Waals surface area contributed by atoms with E-state index >= 15 is 0 Å². The first kappa shape index (κ1) is 25.4. The number of amides is 1. The Morgan fingerprint density at radius 2 is 1.90 bits per heavy atom. The molecule has 5 nitrogen and oxygen atoms in total. The van der Waals surface area contributed by atoms with Crippen molar-refractivity contribution in [2.45, 2.75) is 74.1 Å². The first-order chi connectivity index (χ1) is 13.7. The molecule has 6 heteroatoms. The highest BCUT2D eigenvalue weighted by molar-refractivity contribution is 6.28. The van der Waals surface area contributed by atoms with E-state index < -0.39 is 0 Å². The zero-order valence-corrected chi connectivity index (χ0v) is 20.1. The van der Waals surface area contributed by atoms with Crippen LogP contribution in [0.4, 0.5) is 5.82 Å². The Morgan fingerprint density at radius 3 is 2.48 bits per heavy atom. The average Bonchev–Trinajstić information content (AvgIpc) is 2.65. The van der Waals surface area contributed by atoms with Gasteiger partial charge in [-0.2, -0.15) is 0 Å². The SMILES string of the molecule is CCCN(CCC(C)CNC(=O)CC(C)C)c1nc(Cl)nc(/C=C(/C)CC)c1C. The summed E-state index contributed by atoms with van der Waals surface area (Å²) in [5.41, 5.74) is 3.23. The largest absolute Gasteiger partial charge is 0.356 e. The lowest BCUT2D eigenvalue weighted by Gasteiger charge is -2.27. The van der Waals surface area contributed by atoms with Crippen LogP contribution < -0.4 is 10.2 Å². The molecule has 0 bridgehead atoms. The maximum Gasteiger partial charge on any atom is 0.224 e. The fourth-order valence-corrected chi connectivity index (χ4v) is 3.25. The van der Waals surface area contributed by atoms with Crippen molar-refractivity contribution in [3.63, 3.8) is 0 Å². The zero-order valence-electron chi connectivity index (χ0n) is 19.3. The van der Waals surface area contributed by atoms with Gasteiger partial charge in [-0.1, -0.05) is 40.2 Å². The van der Waals surface area contributed by atoms with Crippen LogP contribution in [0.2, 0.25) is 5.28 Å². The minimum Gasteiger partial charge on any atom is -0.356 e. The molecule has 0 saturated carbocycles. The molecule has 0 radical (unpaired) electrons. The monoisotopic (exact) mass is 422 g/mol. The van der Waals surface area contributed by atoms with E-state index in [1.54, 1.807) is 0 Å². The number of carbonyl (C=O) groups excluding carboxylic acids is 1. The molecule has 1 aromatic heterocycles. The smallest absolute Gasteiger partial charge is 0.224 e. The summed E-state index contributed by atoms with van der Waals surface area (Å²) in [7, 11) is 0. The summed E-state index contributed by atoms with van der Waals surface area (Å²) in [4.78, 5) is 23.2. The van der Waals surface area contributed by atoms with Crippen LogP contribution in [-0.4, -0.2) is 35.5 Å². The van der Waals surface area contributed by atoms with E-state index in [1.165, 1.54) is 5.57 Å². The molecule has 0 aliphatic rings. The molecule has 1 N–H and O–H groups in total. The predicted molar refractivity (Wildman–Crippen MR) is 124 cm³/mol. The van der Waals surface area contributed by atoms with Crippen LogP contribution in [0, 0.1) is 18.8 Å². The van der Waals surface area contributed by atoms with E-state index in [0.717, 1.165) is 49.4 Å². The Morgan fingerprint density at radius 1 is 1.21 bits per heavy atom. The Bertz CT molecular complexity index is 688. The first-order valence-electron chi connectivity index (χ1n) is 10.9. The molecule has 0 aliphatic heterocycles. The molecule has 0 aliphatic carbocycles. The van der Waals surface area contributed by atoms with Crippen molar-refractivity contribution in [1.29, 1.82) is 0 Å². The van der Waals surface area contributed by atoms with Gasteiger partial charge in [0.25, 0.3) is 0 Å². The van der Waals surface area contributed by atoms with Crippen LogP contribution in [0.15, 0.2) is 5.57 Å². The van der Waals surface area contributed by atoms with Gasteiger partial charge in [-0.15, -0.1) is 0 Å². The van der Waals surface area contributed by atoms with Crippen molar-refractivity contribution < 1.29 is 4.79 Å². The van der Waals surface area contributed by atoms with Gasteiger partial charge in [-0.25, -0.2) is 9.97 Å². The van der Waals surface area contributed by atoms with Gasteiger partial charge < -0.3 is 10.2 Å². The van der Waals surface area contributed by atoms with Crippen molar-refractivity contribution in [3.8, 4) is 0 Å². The number of carbonyl (C=O) groups is 1. The van der Waals surface area contributed by atoms with E-state index in [1.807, 2.05) is 0 Å². The van der Waals surface area contributed by atoms with E-state index in [4.69, 9.17) is 11.6 Å². The van der Waals surface area contributed by atoms with Crippen LogP contribution in [0.3, 0.4) is 0 Å². The molecule has 164 valence electrons. The van der Waals surface area contributed by atoms with E-state index in [9.17, 15) is 4.79 Å². The second-order valence-electron chi connectivity index (χ2n) is 8.45. The zero-order chi connectivity index (χ0) is 22.0. The van der Waals surface area contributed by atoms with Gasteiger partial charge in [-0.05, 0) is 62.6 Å². The summed E-state index contributed by atoms with van der Waals surface area (Å²) < 4.78 is 0. The van der Waals surface area contributed by atoms with Gasteiger partial charge in [0.2, 0.25) is 11.2 Å². The highest BCUT2D eigenvalue weighted by Gasteiger charge is 2.16. The maximum absolute atomic E-state index is 11.9. The number of hydrogen-bond acceptors (Lipinski definition) is 4. The molecular weight excluding hydrogens is 384 g/mol. The van der Waals surface area contributed by atoms with Crippen LogP contribution in [0.5, 0.6) is 0 Å². The summed E-state index contributed by atoms with van der Waals surface area (Å²) in [5, 5.41) is 3.34. The van der Waals surface area contributed by atoms with Gasteiger partial charge in [0.1, 0.15) is 5.82 Å². The van der Waals surface area contributed by atoms with Crippen LogP contribution in [-0.2, 0) is 4.79 Å². The number of nitrogens with zero attached hydrogens (tertiary/aromatic N) is 3. The molecule has 1 atom stereocenters. The number of allylic oxidation sites excluding steroid dienone is 1. The fourth-order valence-electron chi connectivity index (χ4n) is 3.08. The van der Waals surface area contributed by atoms with Gasteiger partial charge in [0.15, 0.2) is 0 Å². The summed E-state index contributed by atoms with van der Waals surface area (Å²) in [6.45, 7) is 17.3. The molecule has 0 saturated heterocycles. The molecule has 1 heterocycles. The number of halogens is 1. The number of aromatic nitrogens is 2. The number of nitrogens with one attached hydrogen (secondary N) is 1. The van der Waals surface area contributed by atoms with E-state index in [2.05, 4.69) is 74.7 Å². The minimum atomic E-state index is 0.137. The topological polar surface area (TPSA) is 58.1 Å². The summed E-state index contributed by atoms with van der Waals surface area (Å²) in [6.07, 6.45) is 5.67. The quantitative estimate of drug-likeness (QED) is 0.441. The van der Waals surface area contributed by atoms with Crippen LogP contribution in [0.25, 0.3) is 6.08 Å². The highest BCUT2D eigenvalue weighted by Crippen LogP contribution is 2.25. The lowest BCUT2D eigenvalue weighted by molar-refractivity contribution is -0.121. The van der Waals surface area contributed by atoms with Gasteiger partial charge in [-0.3, -0.25) is 4.79 Å². The Hall–Kier alpha value is -1.62. The molecule has 1 unspecified atom stereocenters. The van der Waals surface area contributed by atoms with Gasteiger partial charge >= 0.3 is 0 Å². The molecule has 29 heavy (non-hydrogen) atoms. The summed E-state index contributed by atoms with van der Waals surface area (Å²) in [5.74, 6) is 1.83. The maximum atomic E-state index is 11.9.